The van der Waals surface area contributed by atoms with E-state index in [0.717, 1.165) is 5.56 Å². The van der Waals surface area contributed by atoms with E-state index in [4.69, 9.17) is 19.0 Å². The van der Waals surface area contributed by atoms with Crippen LogP contribution in [0, 0.1) is 0 Å². The van der Waals surface area contributed by atoms with Crippen LogP contribution in [-0.2, 0) is 30.5 Å². The van der Waals surface area contributed by atoms with Crippen LogP contribution < -0.4 is 5.32 Å². The Kier molecular flexibility index (Phi) is 6.94. The van der Waals surface area contributed by atoms with E-state index >= 15 is 0 Å². The molecule has 6 N–H and O–H groups in total. The zero-order valence-corrected chi connectivity index (χ0v) is 19.5. The van der Waals surface area contributed by atoms with Crippen molar-refractivity contribution in [3.8, 4) is 0 Å². The quantitative estimate of drug-likeness (QED) is 0.218. The van der Waals surface area contributed by atoms with E-state index < -0.39 is 45.5 Å². The maximum atomic E-state index is 11.9. The minimum atomic E-state index is -4.80. The molecule has 13 nitrogen and oxygen atoms in total. The number of hydrogen-bond donors (Lipinski definition) is 6. The first-order valence-corrected chi connectivity index (χ1v) is 13.7. The Morgan fingerprint density at radius 2 is 1.94 bits per heavy atom. The van der Waals surface area contributed by atoms with Crippen molar-refractivity contribution in [2.45, 2.75) is 24.4 Å². The fourth-order valence-corrected chi connectivity index (χ4v) is 6.26. The van der Waals surface area contributed by atoms with Crippen LogP contribution in [0.25, 0.3) is 5.65 Å². The second-order valence-corrected chi connectivity index (χ2v) is 11.9. The van der Waals surface area contributed by atoms with Gasteiger partial charge in [-0.05, 0) is 5.56 Å². The van der Waals surface area contributed by atoms with Gasteiger partial charge in [0.05, 0.1) is 25.1 Å². The van der Waals surface area contributed by atoms with E-state index in [1.54, 1.807) is 10.6 Å². The van der Waals surface area contributed by atoms with Crippen molar-refractivity contribution in [3.05, 3.63) is 60.2 Å². The summed E-state index contributed by atoms with van der Waals surface area (Å²) in [4.78, 5) is 36.0. The lowest BCUT2D eigenvalue weighted by Crippen LogP contribution is -2.43. The van der Waals surface area contributed by atoms with Gasteiger partial charge in [0, 0.05) is 18.9 Å². The second kappa shape index (κ2) is 9.46. The molecule has 0 spiro atoms. The van der Waals surface area contributed by atoms with Crippen molar-refractivity contribution in [1.29, 1.82) is 0 Å². The minimum Gasteiger partial charge on any atom is -0.387 e. The monoisotopic (exact) mass is 514 g/mol. The number of anilines is 1. The average molecular weight is 514 g/mol. The number of rotatable bonds is 9. The predicted octanol–water partition coefficient (Wildman–Crippen LogP) is 0.626. The Hall–Kier alpha value is -2.18. The van der Waals surface area contributed by atoms with Gasteiger partial charge < -0.3 is 39.5 Å². The highest BCUT2D eigenvalue weighted by molar-refractivity contribution is 7.70. The molecule has 1 aromatic carbocycles. The van der Waals surface area contributed by atoms with Crippen molar-refractivity contribution < 1.29 is 43.3 Å². The molecule has 184 valence electrons. The molecule has 1 fully saturated rings. The molecule has 0 amide bonds. The number of imidazole rings is 1. The van der Waals surface area contributed by atoms with E-state index in [0.29, 0.717) is 18.0 Å². The molecule has 1 aliphatic rings. The fourth-order valence-electron chi connectivity index (χ4n) is 3.69. The molecule has 1 unspecified atom stereocenters. The average Bonchev–Trinajstić information content (AvgIpc) is 3.33. The number of hydrogen-bond acceptors (Lipinski definition) is 9. The van der Waals surface area contributed by atoms with E-state index in [2.05, 4.69) is 15.3 Å². The summed E-state index contributed by atoms with van der Waals surface area (Å²) >= 11 is 0. The smallest absolute Gasteiger partial charge is 0.340 e. The molecular formula is C19H24N4O9P2. The second-order valence-electron chi connectivity index (χ2n) is 7.91. The molecule has 34 heavy (non-hydrogen) atoms. The molecule has 3 aromatic rings. The third-order valence-corrected chi connectivity index (χ3v) is 8.79. The van der Waals surface area contributed by atoms with Crippen molar-refractivity contribution in [2.75, 3.05) is 24.4 Å². The number of aliphatic hydroxyl groups excluding tert-OH is 1. The first-order valence-electron chi connectivity index (χ1n) is 10.1. The number of aliphatic hydroxyl groups is 2. The molecule has 2 aromatic heterocycles. The standard InChI is InChI=1S/C19H24N4O9P2/c24-16-14(10-32-34(29,30)12-33(26,27)28)31-11-19(16,25)15-9-22-18-17(20-6-7-23(15)18)21-8-13-4-2-1-3-5-13/h1-7,9,14,16,24-25H,8,10-12H2,(H,20,21)(H,29,30)(H2,26,27,28)/t14-,16-,19-/m1/s1. The van der Waals surface area contributed by atoms with Crippen molar-refractivity contribution in [3.63, 3.8) is 0 Å². The highest BCUT2D eigenvalue weighted by Crippen LogP contribution is 2.55. The Morgan fingerprint density at radius 3 is 2.65 bits per heavy atom. The van der Waals surface area contributed by atoms with Crippen molar-refractivity contribution in [2.24, 2.45) is 0 Å². The van der Waals surface area contributed by atoms with Crippen LogP contribution in [-0.4, -0.2) is 70.6 Å². The molecule has 15 heteroatoms. The lowest BCUT2D eigenvalue weighted by atomic mass is 9.93. The molecule has 0 radical (unpaired) electrons. The zero-order chi connectivity index (χ0) is 24.6. The van der Waals surface area contributed by atoms with Gasteiger partial charge in [-0.2, -0.15) is 0 Å². The number of ether oxygens (including phenoxy) is 1. The van der Waals surface area contributed by atoms with Gasteiger partial charge in [-0.15, -0.1) is 0 Å². The predicted molar refractivity (Wildman–Crippen MR) is 119 cm³/mol. The molecule has 1 aliphatic heterocycles. The summed E-state index contributed by atoms with van der Waals surface area (Å²) in [6.07, 6.45) is 1.61. The SMILES string of the molecule is O=P(O)(O)CP(=O)(O)OC[C@H]1OC[C@@](O)(c2cnc3c(NCc4ccccc4)nccn23)[C@@H]1O. The molecule has 1 saturated heterocycles. The van der Waals surface area contributed by atoms with Crippen LogP contribution in [0.3, 0.4) is 0 Å². The Labute approximate surface area is 193 Å². The summed E-state index contributed by atoms with van der Waals surface area (Å²) in [5.41, 5.74) is -0.312. The van der Waals surface area contributed by atoms with Gasteiger partial charge in [0.1, 0.15) is 12.2 Å². The van der Waals surface area contributed by atoms with E-state index in [9.17, 15) is 24.2 Å². The Morgan fingerprint density at radius 1 is 1.21 bits per heavy atom. The molecule has 4 rings (SSSR count). The van der Waals surface area contributed by atoms with Gasteiger partial charge in [-0.25, -0.2) is 9.97 Å². The summed E-state index contributed by atoms with van der Waals surface area (Å²) in [7, 11) is -9.44. The Balaban J connectivity index is 1.50. The lowest BCUT2D eigenvalue weighted by molar-refractivity contribution is -0.0618. The summed E-state index contributed by atoms with van der Waals surface area (Å²) in [6.45, 7) is -0.556. The molecule has 0 aliphatic carbocycles. The highest BCUT2D eigenvalue weighted by Gasteiger charge is 2.51. The normalized spacial score (nSPS) is 24.9. The highest BCUT2D eigenvalue weighted by atomic mass is 31.2. The Bertz CT molecular complexity index is 1250. The van der Waals surface area contributed by atoms with Crippen molar-refractivity contribution in [1.82, 2.24) is 14.4 Å². The zero-order valence-electron chi connectivity index (χ0n) is 17.7. The van der Waals surface area contributed by atoms with Gasteiger partial charge in [0.2, 0.25) is 0 Å². The van der Waals surface area contributed by atoms with Crippen LogP contribution in [0.5, 0.6) is 0 Å². The maximum Gasteiger partial charge on any atom is 0.340 e. The summed E-state index contributed by atoms with van der Waals surface area (Å²) in [5.74, 6) is -0.917. The van der Waals surface area contributed by atoms with Crippen LogP contribution in [0.15, 0.2) is 48.9 Å². The largest absolute Gasteiger partial charge is 0.387 e. The summed E-state index contributed by atoms with van der Waals surface area (Å²) < 4.78 is 34.5. The number of aromatic nitrogens is 3. The van der Waals surface area contributed by atoms with Crippen LogP contribution in [0.4, 0.5) is 5.82 Å². The molecule has 4 atom stereocenters. The first kappa shape index (κ1) is 24.9. The van der Waals surface area contributed by atoms with Crippen LogP contribution >= 0.6 is 15.2 Å². The summed E-state index contributed by atoms with van der Waals surface area (Å²) in [5, 5.41) is 25.1. The molecule has 3 heterocycles. The van der Waals surface area contributed by atoms with Gasteiger partial charge >= 0.3 is 15.2 Å². The fraction of sp³-hybridized carbons (Fsp3) is 0.368. The molecule has 0 bridgehead atoms. The number of nitrogens with one attached hydrogen (secondary N) is 1. The third-order valence-electron chi connectivity index (χ3n) is 5.34. The summed E-state index contributed by atoms with van der Waals surface area (Å²) in [6, 6.07) is 9.64. The first-order chi connectivity index (χ1) is 16.0. The minimum absolute atomic E-state index is 0.199. The van der Waals surface area contributed by atoms with E-state index in [-0.39, 0.29) is 12.3 Å². The van der Waals surface area contributed by atoms with Crippen molar-refractivity contribution >= 4 is 26.7 Å². The number of benzene rings is 1. The van der Waals surface area contributed by atoms with E-state index in [1.807, 2.05) is 30.3 Å². The molecular weight excluding hydrogens is 490 g/mol. The van der Waals surface area contributed by atoms with E-state index in [1.165, 1.54) is 12.4 Å². The molecule has 0 saturated carbocycles. The lowest BCUT2D eigenvalue weighted by Gasteiger charge is -2.26. The third kappa shape index (κ3) is 5.38. The van der Waals surface area contributed by atoms with Gasteiger partial charge in [-0.3, -0.25) is 13.5 Å². The van der Waals surface area contributed by atoms with Crippen LogP contribution in [0.2, 0.25) is 0 Å². The van der Waals surface area contributed by atoms with Gasteiger partial charge in [0.25, 0.3) is 0 Å². The van der Waals surface area contributed by atoms with Crippen LogP contribution in [0.1, 0.15) is 11.3 Å². The topological polar surface area (TPSA) is 196 Å². The maximum absolute atomic E-state index is 11.9. The number of nitrogens with zero attached hydrogens (tertiary/aromatic N) is 3. The van der Waals surface area contributed by atoms with Gasteiger partial charge in [0.15, 0.2) is 23.0 Å². The number of fused-ring (bicyclic) bond motifs is 1. The van der Waals surface area contributed by atoms with Gasteiger partial charge in [-0.1, -0.05) is 30.3 Å².